The van der Waals surface area contributed by atoms with Gasteiger partial charge in [0, 0.05) is 12.2 Å². The Kier molecular flexibility index (Phi) is 5.69. The molecule has 0 radical (unpaired) electrons. The number of fused-ring (bicyclic) bond motifs is 1. The third-order valence-corrected chi connectivity index (χ3v) is 4.68. The number of hydrogen-bond donors (Lipinski definition) is 1. The lowest BCUT2D eigenvalue weighted by molar-refractivity contribution is -0.117. The van der Waals surface area contributed by atoms with Crippen molar-refractivity contribution < 1.29 is 14.3 Å². The Morgan fingerprint density at radius 3 is 2.81 bits per heavy atom. The lowest BCUT2D eigenvalue weighted by Crippen LogP contribution is -2.30. The highest BCUT2D eigenvalue weighted by Crippen LogP contribution is 2.38. The van der Waals surface area contributed by atoms with Gasteiger partial charge >= 0.3 is 0 Å². The monoisotopic (exact) mass is 374 g/mol. The molecule has 5 nitrogen and oxygen atoms in total. The average Bonchev–Trinajstić information content (AvgIpc) is 2.59. The van der Waals surface area contributed by atoms with Gasteiger partial charge < -0.3 is 14.8 Å². The van der Waals surface area contributed by atoms with Crippen LogP contribution in [0.1, 0.15) is 16.7 Å². The van der Waals surface area contributed by atoms with Gasteiger partial charge in [-0.2, -0.15) is 0 Å². The van der Waals surface area contributed by atoms with E-state index in [4.69, 9.17) is 21.1 Å². The van der Waals surface area contributed by atoms with Crippen LogP contribution in [0.25, 0.3) is 0 Å². The molecule has 26 heavy (non-hydrogen) atoms. The molecular formula is C20H23ClN2O3. The zero-order chi connectivity index (χ0) is 18.7. The Balaban J connectivity index is 1.62. The summed E-state index contributed by atoms with van der Waals surface area (Å²) in [5, 5.41) is 3.51. The number of nitrogens with zero attached hydrogens (tertiary/aromatic N) is 1. The highest BCUT2D eigenvalue weighted by molar-refractivity contribution is 6.32. The van der Waals surface area contributed by atoms with Crippen molar-refractivity contribution in [2.45, 2.75) is 20.4 Å². The number of carbonyl (C=O) groups excluding carboxylic acids is 1. The predicted octanol–water partition coefficient (Wildman–Crippen LogP) is 3.80. The molecule has 1 amide bonds. The molecule has 2 aromatic carbocycles. The van der Waals surface area contributed by atoms with Gasteiger partial charge in [0.1, 0.15) is 13.2 Å². The van der Waals surface area contributed by atoms with E-state index >= 15 is 0 Å². The van der Waals surface area contributed by atoms with Crippen molar-refractivity contribution in [1.82, 2.24) is 4.90 Å². The molecule has 1 aliphatic rings. The van der Waals surface area contributed by atoms with Crippen LogP contribution in [-0.4, -0.2) is 37.6 Å². The maximum absolute atomic E-state index is 12.4. The molecule has 0 aromatic heterocycles. The van der Waals surface area contributed by atoms with E-state index in [1.807, 2.05) is 56.1 Å². The molecule has 0 spiro atoms. The van der Waals surface area contributed by atoms with Crippen molar-refractivity contribution in [2.75, 3.05) is 32.1 Å². The van der Waals surface area contributed by atoms with Gasteiger partial charge in [-0.15, -0.1) is 0 Å². The molecule has 0 fully saturated rings. The molecule has 1 aliphatic heterocycles. The minimum absolute atomic E-state index is 0.0511. The van der Waals surface area contributed by atoms with Crippen molar-refractivity contribution in [2.24, 2.45) is 0 Å². The number of likely N-dealkylation sites (N-methyl/N-ethyl adjacent to an activating group) is 1. The second-order valence-corrected chi connectivity index (χ2v) is 6.98. The summed E-state index contributed by atoms with van der Waals surface area (Å²) in [6.07, 6.45) is 0. The van der Waals surface area contributed by atoms with Gasteiger partial charge in [-0.3, -0.25) is 9.69 Å². The lowest BCUT2D eigenvalue weighted by Gasteiger charge is -2.22. The smallest absolute Gasteiger partial charge is 0.238 e. The van der Waals surface area contributed by atoms with Crippen LogP contribution in [0.15, 0.2) is 30.3 Å². The Morgan fingerprint density at radius 1 is 1.23 bits per heavy atom. The van der Waals surface area contributed by atoms with E-state index in [1.54, 1.807) is 0 Å². The number of aryl methyl sites for hydroxylation is 1. The van der Waals surface area contributed by atoms with Crippen LogP contribution in [0.3, 0.4) is 0 Å². The van der Waals surface area contributed by atoms with Crippen molar-refractivity contribution in [3.8, 4) is 11.5 Å². The van der Waals surface area contributed by atoms with Gasteiger partial charge in [0.25, 0.3) is 0 Å². The molecule has 0 saturated heterocycles. The van der Waals surface area contributed by atoms with E-state index in [0.717, 1.165) is 22.4 Å². The molecule has 1 heterocycles. The minimum atomic E-state index is -0.0511. The number of anilines is 1. The number of nitrogens with one attached hydrogen (secondary N) is 1. The van der Waals surface area contributed by atoms with E-state index in [2.05, 4.69) is 5.32 Å². The molecule has 0 atom stereocenters. The van der Waals surface area contributed by atoms with Gasteiger partial charge in [-0.05, 0) is 55.8 Å². The third-order valence-electron chi connectivity index (χ3n) is 4.40. The number of ether oxygens (including phenoxy) is 2. The fraction of sp³-hybridized carbons (Fsp3) is 0.350. The second-order valence-electron chi connectivity index (χ2n) is 6.57. The predicted molar refractivity (Wildman–Crippen MR) is 103 cm³/mol. The molecule has 2 aromatic rings. The second kappa shape index (κ2) is 7.98. The Morgan fingerprint density at radius 2 is 2.00 bits per heavy atom. The molecule has 6 heteroatoms. The summed E-state index contributed by atoms with van der Waals surface area (Å²) in [6, 6.07) is 9.66. The van der Waals surface area contributed by atoms with Crippen molar-refractivity contribution in [1.29, 1.82) is 0 Å². The van der Waals surface area contributed by atoms with Crippen LogP contribution in [0, 0.1) is 13.8 Å². The normalized spacial score (nSPS) is 13.0. The molecule has 0 unspecified atom stereocenters. The van der Waals surface area contributed by atoms with E-state index in [1.165, 1.54) is 0 Å². The number of hydrogen-bond acceptors (Lipinski definition) is 4. The van der Waals surface area contributed by atoms with Gasteiger partial charge in [0.05, 0.1) is 11.6 Å². The highest BCUT2D eigenvalue weighted by Gasteiger charge is 2.17. The Labute approximate surface area is 158 Å². The molecule has 1 N–H and O–H groups in total. The SMILES string of the molecule is Cc1cccc(NC(=O)CN(C)Cc2cc(Cl)c3c(c2)OCCO3)c1C. The highest BCUT2D eigenvalue weighted by atomic mass is 35.5. The summed E-state index contributed by atoms with van der Waals surface area (Å²) in [5.41, 5.74) is 4.07. The van der Waals surface area contributed by atoms with Gasteiger partial charge in [0.15, 0.2) is 11.5 Å². The van der Waals surface area contributed by atoms with Gasteiger partial charge in [-0.1, -0.05) is 23.7 Å². The molecule has 0 bridgehead atoms. The molecule has 3 rings (SSSR count). The van der Waals surface area contributed by atoms with Crippen molar-refractivity contribution in [3.63, 3.8) is 0 Å². The van der Waals surface area contributed by atoms with E-state index in [0.29, 0.717) is 36.3 Å². The van der Waals surface area contributed by atoms with Crippen LogP contribution in [0.5, 0.6) is 11.5 Å². The van der Waals surface area contributed by atoms with Gasteiger partial charge in [0.2, 0.25) is 5.91 Å². The Hall–Kier alpha value is -2.24. The van der Waals surface area contributed by atoms with E-state index in [9.17, 15) is 4.79 Å². The van der Waals surface area contributed by atoms with E-state index < -0.39 is 0 Å². The average molecular weight is 375 g/mol. The zero-order valence-electron chi connectivity index (χ0n) is 15.3. The maximum atomic E-state index is 12.4. The standard InChI is InChI=1S/C20H23ClN2O3/c1-13-5-4-6-17(14(13)2)22-19(24)12-23(3)11-15-9-16(21)20-18(10-15)25-7-8-26-20/h4-6,9-10H,7-8,11-12H2,1-3H3,(H,22,24). The molecule has 0 aliphatic carbocycles. The number of halogens is 1. The maximum Gasteiger partial charge on any atom is 0.238 e. The first-order chi connectivity index (χ1) is 12.4. The summed E-state index contributed by atoms with van der Waals surface area (Å²) in [5.74, 6) is 1.20. The fourth-order valence-electron chi connectivity index (χ4n) is 2.94. The van der Waals surface area contributed by atoms with Crippen LogP contribution in [0.2, 0.25) is 5.02 Å². The number of benzene rings is 2. The van der Waals surface area contributed by atoms with Gasteiger partial charge in [-0.25, -0.2) is 0 Å². The minimum Gasteiger partial charge on any atom is -0.486 e. The summed E-state index contributed by atoms with van der Waals surface area (Å²) in [7, 11) is 1.90. The quantitative estimate of drug-likeness (QED) is 0.864. The van der Waals surface area contributed by atoms with Crippen LogP contribution < -0.4 is 14.8 Å². The van der Waals surface area contributed by atoms with Crippen LogP contribution in [0.4, 0.5) is 5.69 Å². The van der Waals surface area contributed by atoms with Crippen molar-refractivity contribution in [3.05, 3.63) is 52.0 Å². The Bertz CT molecular complexity index is 823. The third kappa shape index (κ3) is 4.29. The molecular weight excluding hydrogens is 352 g/mol. The lowest BCUT2D eigenvalue weighted by atomic mass is 10.1. The summed E-state index contributed by atoms with van der Waals surface area (Å²) < 4.78 is 11.1. The first kappa shape index (κ1) is 18.5. The first-order valence-electron chi connectivity index (χ1n) is 8.56. The largest absolute Gasteiger partial charge is 0.486 e. The number of amides is 1. The first-order valence-corrected chi connectivity index (χ1v) is 8.94. The summed E-state index contributed by atoms with van der Waals surface area (Å²) >= 11 is 6.27. The number of carbonyl (C=O) groups is 1. The summed E-state index contributed by atoms with van der Waals surface area (Å²) in [6.45, 7) is 5.91. The number of rotatable bonds is 5. The van der Waals surface area contributed by atoms with Crippen molar-refractivity contribution >= 4 is 23.2 Å². The summed E-state index contributed by atoms with van der Waals surface area (Å²) in [4.78, 5) is 14.3. The fourth-order valence-corrected chi connectivity index (χ4v) is 3.23. The molecule has 138 valence electrons. The topological polar surface area (TPSA) is 50.8 Å². The zero-order valence-corrected chi connectivity index (χ0v) is 16.0. The van der Waals surface area contributed by atoms with Crippen LogP contribution in [-0.2, 0) is 11.3 Å². The van der Waals surface area contributed by atoms with Crippen LogP contribution >= 0.6 is 11.6 Å². The van der Waals surface area contributed by atoms with E-state index in [-0.39, 0.29) is 12.5 Å². The molecule has 0 saturated carbocycles.